The van der Waals surface area contributed by atoms with Crippen LogP contribution in [-0.4, -0.2) is 22.6 Å². The van der Waals surface area contributed by atoms with Crippen molar-refractivity contribution in [1.82, 2.24) is 4.98 Å². The average Bonchev–Trinajstić information content (AvgIpc) is 2.37. The lowest BCUT2D eigenvalue weighted by atomic mass is 9.84. The van der Waals surface area contributed by atoms with Crippen LogP contribution in [0.1, 0.15) is 38.8 Å². The predicted molar refractivity (Wildman–Crippen MR) is 72.7 cm³/mol. The Morgan fingerprint density at radius 3 is 2.89 bits per heavy atom. The van der Waals surface area contributed by atoms with E-state index in [1.165, 1.54) is 0 Å². The molecule has 1 aromatic rings. The third-order valence-electron chi connectivity index (χ3n) is 3.05. The lowest BCUT2D eigenvalue weighted by Crippen LogP contribution is -2.18. The van der Waals surface area contributed by atoms with Crippen LogP contribution in [0.5, 0.6) is 0 Å². The van der Waals surface area contributed by atoms with Crippen LogP contribution < -0.4 is 5.32 Å². The number of carboxylic acids is 1. The van der Waals surface area contributed by atoms with Crippen molar-refractivity contribution < 1.29 is 9.90 Å². The molecule has 19 heavy (non-hydrogen) atoms. The molecule has 0 saturated heterocycles. The highest BCUT2D eigenvalue weighted by Gasteiger charge is 2.18. The minimum atomic E-state index is -0.764. The lowest BCUT2D eigenvalue weighted by molar-refractivity contribution is -0.137. The number of hydrogen-bond donors (Lipinski definition) is 2. The molecule has 102 valence electrons. The van der Waals surface area contributed by atoms with Crippen molar-refractivity contribution in [3.8, 4) is 6.07 Å². The summed E-state index contributed by atoms with van der Waals surface area (Å²) in [6.07, 6.45) is 3.24. The number of rotatable bonds is 7. The van der Waals surface area contributed by atoms with Crippen molar-refractivity contribution in [2.75, 3.05) is 11.9 Å². The molecule has 0 aliphatic rings. The second-order valence-corrected chi connectivity index (χ2v) is 5.25. The molecule has 1 heterocycles. The normalized spacial score (nSPS) is 10.8. The molecule has 0 amide bonds. The smallest absolute Gasteiger partial charge is 0.303 e. The van der Waals surface area contributed by atoms with E-state index in [1.54, 1.807) is 12.3 Å². The van der Waals surface area contributed by atoms with E-state index >= 15 is 0 Å². The zero-order valence-corrected chi connectivity index (χ0v) is 11.3. The van der Waals surface area contributed by atoms with Gasteiger partial charge in [0.25, 0.3) is 0 Å². The Labute approximate surface area is 113 Å². The SMILES string of the molecule is CC(C)(CCNc1cccnc1C#N)CCC(=O)O. The van der Waals surface area contributed by atoms with Crippen molar-refractivity contribution in [3.63, 3.8) is 0 Å². The minimum absolute atomic E-state index is 0.0413. The molecular formula is C14H19N3O2. The first kappa shape index (κ1) is 15.0. The van der Waals surface area contributed by atoms with Crippen LogP contribution in [-0.2, 0) is 4.79 Å². The highest BCUT2D eigenvalue weighted by molar-refractivity contribution is 5.66. The van der Waals surface area contributed by atoms with Gasteiger partial charge in [0.2, 0.25) is 0 Å². The van der Waals surface area contributed by atoms with Crippen LogP contribution in [0.3, 0.4) is 0 Å². The number of carbonyl (C=O) groups is 1. The van der Waals surface area contributed by atoms with Crippen LogP contribution in [0.2, 0.25) is 0 Å². The van der Waals surface area contributed by atoms with Gasteiger partial charge in [0.1, 0.15) is 6.07 Å². The zero-order valence-electron chi connectivity index (χ0n) is 11.3. The van der Waals surface area contributed by atoms with Crippen molar-refractivity contribution in [2.45, 2.75) is 33.1 Å². The predicted octanol–water partition coefficient (Wildman–Crippen LogP) is 2.65. The third kappa shape index (κ3) is 5.38. The van der Waals surface area contributed by atoms with Gasteiger partial charge in [-0.25, -0.2) is 4.98 Å². The number of pyridine rings is 1. The molecule has 0 fully saturated rings. The van der Waals surface area contributed by atoms with Crippen LogP contribution in [0.25, 0.3) is 0 Å². The standard InChI is InChI=1S/C14H19N3O2/c1-14(2,6-5-13(18)19)7-9-17-11-4-3-8-16-12(11)10-15/h3-4,8,17H,5-7,9H2,1-2H3,(H,18,19). The molecule has 1 rings (SSSR count). The molecule has 0 atom stereocenters. The molecule has 0 radical (unpaired) electrons. The second-order valence-electron chi connectivity index (χ2n) is 5.25. The molecule has 1 aromatic heterocycles. The van der Waals surface area contributed by atoms with Crippen LogP contribution in [0.4, 0.5) is 5.69 Å². The summed E-state index contributed by atoms with van der Waals surface area (Å²) in [5.74, 6) is -0.764. The Morgan fingerprint density at radius 2 is 2.26 bits per heavy atom. The van der Waals surface area contributed by atoms with Gasteiger partial charge in [-0.05, 0) is 30.4 Å². The largest absolute Gasteiger partial charge is 0.481 e. The molecule has 5 heteroatoms. The van der Waals surface area contributed by atoms with Gasteiger partial charge in [0, 0.05) is 19.2 Å². The molecule has 0 aliphatic heterocycles. The first-order chi connectivity index (χ1) is 8.94. The summed E-state index contributed by atoms with van der Waals surface area (Å²) in [6, 6.07) is 5.62. The van der Waals surface area contributed by atoms with Gasteiger partial charge >= 0.3 is 5.97 Å². The maximum Gasteiger partial charge on any atom is 0.303 e. The second kappa shape index (κ2) is 6.74. The Bertz CT molecular complexity index is 478. The van der Waals surface area contributed by atoms with E-state index in [2.05, 4.69) is 10.3 Å². The molecular weight excluding hydrogens is 242 g/mol. The van der Waals surface area contributed by atoms with Gasteiger partial charge < -0.3 is 10.4 Å². The summed E-state index contributed by atoms with van der Waals surface area (Å²) < 4.78 is 0. The Balaban J connectivity index is 2.45. The number of nitrogens with one attached hydrogen (secondary N) is 1. The summed E-state index contributed by atoms with van der Waals surface area (Å²) in [6.45, 7) is 4.78. The number of carboxylic acid groups (broad SMARTS) is 1. The number of aromatic nitrogens is 1. The van der Waals surface area contributed by atoms with E-state index in [0.717, 1.165) is 12.1 Å². The Kier molecular flexibility index (Phi) is 5.31. The molecule has 0 aliphatic carbocycles. The van der Waals surface area contributed by atoms with Gasteiger partial charge in [-0.2, -0.15) is 5.26 Å². The summed E-state index contributed by atoms with van der Waals surface area (Å²) in [4.78, 5) is 14.5. The third-order valence-corrected chi connectivity index (χ3v) is 3.05. The molecule has 0 aromatic carbocycles. The Morgan fingerprint density at radius 1 is 1.53 bits per heavy atom. The Hall–Kier alpha value is -2.09. The minimum Gasteiger partial charge on any atom is -0.481 e. The average molecular weight is 261 g/mol. The number of nitrogens with zero attached hydrogens (tertiary/aromatic N) is 2. The monoisotopic (exact) mass is 261 g/mol. The zero-order chi connectivity index (χ0) is 14.3. The number of hydrogen-bond acceptors (Lipinski definition) is 4. The molecule has 5 nitrogen and oxygen atoms in total. The van der Waals surface area contributed by atoms with E-state index in [9.17, 15) is 4.79 Å². The van der Waals surface area contributed by atoms with E-state index in [0.29, 0.717) is 18.7 Å². The molecule has 0 unspecified atom stereocenters. The number of aliphatic carboxylic acids is 1. The van der Waals surface area contributed by atoms with Crippen LogP contribution >= 0.6 is 0 Å². The number of nitriles is 1. The fraction of sp³-hybridized carbons (Fsp3) is 0.500. The quantitative estimate of drug-likeness (QED) is 0.788. The van der Waals surface area contributed by atoms with Crippen molar-refractivity contribution >= 4 is 11.7 Å². The van der Waals surface area contributed by atoms with E-state index in [1.807, 2.05) is 26.0 Å². The topological polar surface area (TPSA) is 86.0 Å². The fourth-order valence-electron chi connectivity index (χ4n) is 1.74. The fourth-order valence-corrected chi connectivity index (χ4v) is 1.74. The van der Waals surface area contributed by atoms with Crippen molar-refractivity contribution in [1.29, 1.82) is 5.26 Å². The van der Waals surface area contributed by atoms with Crippen LogP contribution in [0, 0.1) is 16.7 Å². The summed E-state index contributed by atoms with van der Waals surface area (Å²) >= 11 is 0. The maximum absolute atomic E-state index is 10.6. The van der Waals surface area contributed by atoms with E-state index in [4.69, 9.17) is 10.4 Å². The number of anilines is 1. The lowest BCUT2D eigenvalue weighted by Gasteiger charge is -2.24. The van der Waals surface area contributed by atoms with Crippen molar-refractivity contribution in [2.24, 2.45) is 5.41 Å². The maximum atomic E-state index is 10.6. The molecule has 0 saturated carbocycles. The molecule has 2 N–H and O–H groups in total. The first-order valence-electron chi connectivity index (χ1n) is 6.25. The van der Waals surface area contributed by atoms with Crippen LogP contribution in [0.15, 0.2) is 18.3 Å². The first-order valence-corrected chi connectivity index (χ1v) is 6.25. The van der Waals surface area contributed by atoms with Gasteiger partial charge in [0.05, 0.1) is 5.69 Å². The highest BCUT2D eigenvalue weighted by Crippen LogP contribution is 2.26. The summed E-state index contributed by atoms with van der Waals surface area (Å²) in [7, 11) is 0. The summed E-state index contributed by atoms with van der Waals surface area (Å²) in [5, 5.41) is 20.8. The highest BCUT2D eigenvalue weighted by atomic mass is 16.4. The van der Waals surface area contributed by atoms with Gasteiger partial charge in [-0.3, -0.25) is 4.79 Å². The van der Waals surface area contributed by atoms with E-state index < -0.39 is 5.97 Å². The van der Waals surface area contributed by atoms with Gasteiger partial charge in [-0.1, -0.05) is 13.8 Å². The van der Waals surface area contributed by atoms with E-state index in [-0.39, 0.29) is 11.8 Å². The molecule has 0 spiro atoms. The van der Waals surface area contributed by atoms with Crippen molar-refractivity contribution in [3.05, 3.63) is 24.0 Å². The summed E-state index contributed by atoms with van der Waals surface area (Å²) in [5.41, 5.74) is 1.06. The molecule has 0 bridgehead atoms. The van der Waals surface area contributed by atoms with Gasteiger partial charge in [-0.15, -0.1) is 0 Å². The van der Waals surface area contributed by atoms with Gasteiger partial charge in [0.15, 0.2) is 5.69 Å².